The second-order valence-electron chi connectivity index (χ2n) is 1.71. The quantitative estimate of drug-likeness (QED) is 0.577. The minimum absolute atomic E-state index is 0.0833. The second-order valence-corrected chi connectivity index (χ2v) is 5.61. The SMILES string of the molecule is CC1OCC1(Br)Br. The monoisotopic (exact) mass is 228 g/mol. The van der Waals surface area contributed by atoms with E-state index >= 15 is 0 Å². The molecule has 1 unspecified atom stereocenters. The molecule has 0 N–H and O–H groups in total. The molecule has 1 heterocycles. The molecule has 1 atom stereocenters. The Morgan fingerprint density at radius 1 is 1.71 bits per heavy atom. The molecule has 7 heavy (non-hydrogen) atoms. The zero-order valence-corrected chi connectivity index (χ0v) is 7.12. The molecular formula is C4H6Br2O. The largest absolute Gasteiger partial charge is 0.374 e. The smallest absolute Gasteiger partial charge is 0.129 e. The molecule has 0 amide bonds. The van der Waals surface area contributed by atoms with E-state index in [0.29, 0.717) is 6.10 Å². The van der Waals surface area contributed by atoms with E-state index in [1.54, 1.807) is 0 Å². The van der Waals surface area contributed by atoms with E-state index in [-0.39, 0.29) is 3.23 Å². The Hall–Kier alpha value is 0.920. The molecule has 3 heteroatoms. The van der Waals surface area contributed by atoms with E-state index in [2.05, 4.69) is 31.9 Å². The van der Waals surface area contributed by atoms with Crippen molar-refractivity contribution in [3.8, 4) is 0 Å². The highest BCUT2D eigenvalue weighted by Crippen LogP contribution is 2.39. The number of halogens is 2. The highest BCUT2D eigenvalue weighted by molar-refractivity contribution is 9.25. The predicted molar refractivity (Wildman–Crippen MR) is 36.0 cm³/mol. The van der Waals surface area contributed by atoms with Crippen molar-refractivity contribution in [1.82, 2.24) is 0 Å². The number of rotatable bonds is 0. The third-order valence-electron chi connectivity index (χ3n) is 1.12. The Kier molecular flexibility index (Phi) is 1.47. The van der Waals surface area contributed by atoms with Crippen molar-refractivity contribution >= 4 is 31.9 Å². The molecule has 42 valence electrons. The van der Waals surface area contributed by atoms with Gasteiger partial charge < -0.3 is 4.74 Å². The van der Waals surface area contributed by atoms with E-state index in [4.69, 9.17) is 4.74 Å². The average Bonchev–Trinajstić information content (AvgIpc) is 1.63. The van der Waals surface area contributed by atoms with E-state index < -0.39 is 0 Å². The minimum atomic E-state index is 0.0833. The highest BCUT2D eigenvalue weighted by Gasteiger charge is 2.40. The lowest BCUT2D eigenvalue weighted by atomic mass is 10.2. The van der Waals surface area contributed by atoms with Crippen LogP contribution in [0.5, 0.6) is 0 Å². The summed E-state index contributed by atoms with van der Waals surface area (Å²) in [6.07, 6.45) is 0.312. The van der Waals surface area contributed by atoms with Gasteiger partial charge in [-0.15, -0.1) is 0 Å². The summed E-state index contributed by atoms with van der Waals surface area (Å²) < 4.78 is 5.14. The van der Waals surface area contributed by atoms with Crippen LogP contribution in [-0.4, -0.2) is 15.9 Å². The van der Waals surface area contributed by atoms with Gasteiger partial charge in [-0.05, 0) is 6.92 Å². The maximum Gasteiger partial charge on any atom is 0.129 e. The van der Waals surface area contributed by atoms with Crippen LogP contribution in [0.2, 0.25) is 0 Å². The molecule has 0 bridgehead atoms. The van der Waals surface area contributed by atoms with Crippen LogP contribution in [0.25, 0.3) is 0 Å². The fourth-order valence-electron chi connectivity index (χ4n) is 0.376. The van der Waals surface area contributed by atoms with Gasteiger partial charge >= 0.3 is 0 Å². The summed E-state index contributed by atoms with van der Waals surface area (Å²) in [5.74, 6) is 0. The lowest BCUT2D eigenvalue weighted by Gasteiger charge is -2.37. The van der Waals surface area contributed by atoms with Crippen LogP contribution >= 0.6 is 31.9 Å². The molecule has 1 fully saturated rings. The third-order valence-corrected chi connectivity index (χ3v) is 2.87. The minimum Gasteiger partial charge on any atom is -0.374 e. The van der Waals surface area contributed by atoms with Gasteiger partial charge in [-0.1, -0.05) is 31.9 Å². The van der Waals surface area contributed by atoms with Crippen molar-refractivity contribution in [3.05, 3.63) is 0 Å². The first-order chi connectivity index (χ1) is 3.13. The first-order valence-corrected chi connectivity index (χ1v) is 3.71. The van der Waals surface area contributed by atoms with E-state index in [0.717, 1.165) is 6.61 Å². The lowest BCUT2D eigenvalue weighted by Crippen LogP contribution is -2.46. The standard InChI is InChI=1S/C4H6Br2O/c1-3-4(5,6)2-7-3/h3H,2H2,1H3. The maximum absolute atomic E-state index is 5.05. The molecule has 1 saturated heterocycles. The zero-order chi connectivity index (χ0) is 5.49. The van der Waals surface area contributed by atoms with Gasteiger partial charge in [-0.2, -0.15) is 0 Å². The van der Waals surface area contributed by atoms with E-state index in [1.807, 2.05) is 6.92 Å². The van der Waals surface area contributed by atoms with Crippen molar-refractivity contribution < 1.29 is 4.74 Å². The van der Waals surface area contributed by atoms with Gasteiger partial charge in [0.05, 0.1) is 12.7 Å². The molecule has 0 saturated carbocycles. The van der Waals surface area contributed by atoms with Crippen molar-refractivity contribution in [2.24, 2.45) is 0 Å². The summed E-state index contributed by atoms with van der Waals surface area (Å²) in [6.45, 7) is 2.79. The van der Waals surface area contributed by atoms with Crippen LogP contribution < -0.4 is 0 Å². The summed E-state index contributed by atoms with van der Waals surface area (Å²) >= 11 is 6.84. The van der Waals surface area contributed by atoms with Gasteiger partial charge in [0.15, 0.2) is 0 Å². The zero-order valence-electron chi connectivity index (χ0n) is 3.95. The van der Waals surface area contributed by atoms with Crippen molar-refractivity contribution in [2.75, 3.05) is 6.61 Å². The molecule has 0 aromatic heterocycles. The van der Waals surface area contributed by atoms with Crippen LogP contribution in [-0.2, 0) is 4.74 Å². The summed E-state index contributed by atoms with van der Waals surface area (Å²) in [5, 5.41) is 0. The van der Waals surface area contributed by atoms with Gasteiger partial charge in [-0.3, -0.25) is 0 Å². The molecule has 0 aromatic rings. The van der Waals surface area contributed by atoms with Crippen LogP contribution in [0.15, 0.2) is 0 Å². The molecular weight excluding hydrogens is 224 g/mol. The van der Waals surface area contributed by atoms with Crippen molar-refractivity contribution in [2.45, 2.75) is 16.3 Å². The summed E-state index contributed by atoms with van der Waals surface area (Å²) in [7, 11) is 0. The summed E-state index contributed by atoms with van der Waals surface area (Å²) in [6, 6.07) is 0. The Morgan fingerprint density at radius 3 is 2.14 bits per heavy atom. The molecule has 1 aliphatic rings. The Bertz CT molecular complexity index is 81.8. The Morgan fingerprint density at radius 2 is 2.14 bits per heavy atom. The number of alkyl halides is 2. The Labute approximate surface area is 59.7 Å². The van der Waals surface area contributed by atoms with Crippen LogP contribution in [0.3, 0.4) is 0 Å². The molecule has 0 aromatic carbocycles. The molecule has 1 rings (SSSR count). The fourth-order valence-corrected chi connectivity index (χ4v) is 0.905. The topological polar surface area (TPSA) is 9.23 Å². The van der Waals surface area contributed by atoms with Crippen LogP contribution in [0.4, 0.5) is 0 Å². The van der Waals surface area contributed by atoms with Crippen LogP contribution in [0.1, 0.15) is 6.92 Å². The van der Waals surface area contributed by atoms with Crippen molar-refractivity contribution in [1.29, 1.82) is 0 Å². The Balaban J connectivity index is 2.43. The molecule has 1 aliphatic heterocycles. The first kappa shape index (κ1) is 6.05. The molecule has 0 spiro atoms. The first-order valence-electron chi connectivity index (χ1n) is 2.12. The van der Waals surface area contributed by atoms with Gasteiger partial charge in [-0.25, -0.2) is 0 Å². The molecule has 0 aliphatic carbocycles. The third kappa shape index (κ3) is 1.00. The number of hydrogen-bond acceptors (Lipinski definition) is 1. The van der Waals surface area contributed by atoms with Gasteiger partial charge in [0.2, 0.25) is 0 Å². The summed E-state index contributed by atoms with van der Waals surface area (Å²) in [4.78, 5) is 0. The number of ether oxygens (including phenoxy) is 1. The summed E-state index contributed by atoms with van der Waals surface area (Å²) in [5.41, 5.74) is 0. The predicted octanol–water partition coefficient (Wildman–Crippen LogP) is 1.89. The average molecular weight is 230 g/mol. The molecule has 1 nitrogen and oxygen atoms in total. The van der Waals surface area contributed by atoms with Crippen molar-refractivity contribution in [3.63, 3.8) is 0 Å². The second kappa shape index (κ2) is 1.71. The van der Waals surface area contributed by atoms with Gasteiger partial charge in [0.25, 0.3) is 0 Å². The van der Waals surface area contributed by atoms with Crippen LogP contribution in [0, 0.1) is 0 Å². The maximum atomic E-state index is 5.05. The fraction of sp³-hybridized carbons (Fsp3) is 1.00. The van der Waals surface area contributed by atoms with E-state index in [1.165, 1.54) is 0 Å². The van der Waals surface area contributed by atoms with Gasteiger partial charge in [0, 0.05) is 0 Å². The number of hydrogen-bond donors (Lipinski definition) is 0. The normalized spacial score (nSPS) is 37.3. The van der Waals surface area contributed by atoms with Gasteiger partial charge in [0.1, 0.15) is 3.23 Å². The highest BCUT2D eigenvalue weighted by atomic mass is 79.9. The van der Waals surface area contributed by atoms with E-state index in [9.17, 15) is 0 Å². The lowest BCUT2D eigenvalue weighted by molar-refractivity contribution is -0.0370. The molecule has 0 radical (unpaired) electrons.